The molecule has 2 rings (SSSR count). The average Bonchev–Trinajstić information content (AvgIpc) is 2.55. The van der Waals surface area contributed by atoms with Crippen LogP contribution in [0, 0.1) is 11.7 Å². The van der Waals surface area contributed by atoms with Gasteiger partial charge in [0, 0.05) is 18.0 Å². The predicted octanol–water partition coefficient (Wildman–Crippen LogP) is 3.62. The molecule has 0 spiro atoms. The van der Waals surface area contributed by atoms with Gasteiger partial charge in [-0.05, 0) is 62.0 Å². The summed E-state index contributed by atoms with van der Waals surface area (Å²) >= 11 is 1.39. The molecule has 128 valence electrons. The third-order valence-electron chi connectivity index (χ3n) is 4.54. The van der Waals surface area contributed by atoms with Gasteiger partial charge in [-0.15, -0.1) is 11.8 Å². The number of aliphatic hydroxyl groups is 1. The van der Waals surface area contributed by atoms with Crippen LogP contribution in [0.2, 0.25) is 0 Å². The Kier molecular flexibility index (Phi) is 6.72. The number of thioether (sulfide) groups is 1. The van der Waals surface area contributed by atoms with E-state index in [2.05, 4.69) is 0 Å². The van der Waals surface area contributed by atoms with Crippen molar-refractivity contribution in [2.24, 2.45) is 5.92 Å². The summed E-state index contributed by atoms with van der Waals surface area (Å²) in [6.07, 6.45) is 4.22. The Bertz CT molecular complexity index is 533. The van der Waals surface area contributed by atoms with Crippen LogP contribution in [0.15, 0.2) is 23.1 Å². The molecule has 0 radical (unpaired) electrons. The second-order valence-corrected chi connectivity index (χ2v) is 6.88. The summed E-state index contributed by atoms with van der Waals surface area (Å²) in [7, 11) is 0. The van der Waals surface area contributed by atoms with Crippen molar-refractivity contribution in [2.45, 2.75) is 43.1 Å². The van der Waals surface area contributed by atoms with Gasteiger partial charge in [0.25, 0.3) is 0 Å². The maximum atomic E-state index is 13.7. The first-order valence-electron chi connectivity index (χ1n) is 7.99. The van der Waals surface area contributed by atoms with Gasteiger partial charge in [0.15, 0.2) is 0 Å². The lowest BCUT2D eigenvalue weighted by Crippen LogP contribution is -2.40. The summed E-state index contributed by atoms with van der Waals surface area (Å²) in [6.45, 7) is 0.997. The van der Waals surface area contributed by atoms with Crippen LogP contribution in [-0.2, 0) is 6.42 Å². The molecule has 4 nitrogen and oxygen atoms in total. The van der Waals surface area contributed by atoms with Gasteiger partial charge in [-0.3, -0.25) is 0 Å². The highest BCUT2D eigenvalue weighted by atomic mass is 32.2. The molecule has 0 bridgehead atoms. The number of amides is 1. The fraction of sp³-hybridized carbons (Fsp3) is 0.588. The Morgan fingerprint density at radius 1 is 1.43 bits per heavy atom. The second-order valence-electron chi connectivity index (χ2n) is 6.04. The van der Waals surface area contributed by atoms with Crippen LogP contribution in [0.3, 0.4) is 0 Å². The molecule has 0 aliphatic carbocycles. The van der Waals surface area contributed by atoms with Gasteiger partial charge in [0.1, 0.15) is 5.82 Å². The second kappa shape index (κ2) is 8.55. The number of carbonyl (C=O) groups is 1. The van der Waals surface area contributed by atoms with Crippen molar-refractivity contribution in [1.82, 2.24) is 4.90 Å². The van der Waals surface area contributed by atoms with Crippen molar-refractivity contribution in [3.63, 3.8) is 0 Å². The molecule has 0 saturated carbocycles. The minimum absolute atomic E-state index is 0.168. The minimum atomic E-state index is -0.881. The topological polar surface area (TPSA) is 60.8 Å². The fourth-order valence-corrected chi connectivity index (χ4v) is 3.55. The fourth-order valence-electron chi connectivity index (χ4n) is 3.09. The molecule has 1 aliphatic heterocycles. The first kappa shape index (κ1) is 18.1. The first-order valence-corrected chi connectivity index (χ1v) is 9.22. The number of hydrogen-bond acceptors (Lipinski definition) is 3. The number of carboxylic acid groups (broad SMARTS) is 1. The van der Waals surface area contributed by atoms with Crippen molar-refractivity contribution in [2.75, 3.05) is 19.3 Å². The molecule has 0 aromatic heterocycles. The normalized spacial score (nSPS) is 17.3. The van der Waals surface area contributed by atoms with E-state index in [1.54, 1.807) is 12.1 Å². The molecule has 23 heavy (non-hydrogen) atoms. The Labute approximate surface area is 140 Å². The van der Waals surface area contributed by atoms with E-state index in [9.17, 15) is 14.3 Å². The van der Waals surface area contributed by atoms with Crippen molar-refractivity contribution in [3.05, 3.63) is 29.6 Å². The van der Waals surface area contributed by atoms with Crippen LogP contribution in [-0.4, -0.2) is 46.7 Å². The molecule has 1 aromatic rings. The standard InChI is InChI=1S/C17H24FNO3S/c1-23-16-6-5-12(11-14(16)18)3-2-4-15(20)13-7-9-19(10-8-13)17(21)22/h5-6,11,13,15,20H,2-4,7-10H2,1H3,(H,21,22). The Balaban J connectivity index is 1.74. The number of nitrogens with zero attached hydrogens (tertiary/aromatic N) is 1. The zero-order valence-electron chi connectivity index (χ0n) is 13.4. The molecular weight excluding hydrogens is 317 g/mol. The van der Waals surface area contributed by atoms with Gasteiger partial charge in [0.05, 0.1) is 6.10 Å². The van der Waals surface area contributed by atoms with E-state index >= 15 is 0 Å². The molecule has 1 heterocycles. The highest BCUT2D eigenvalue weighted by molar-refractivity contribution is 7.98. The number of aryl methyl sites for hydroxylation is 1. The molecule has 1 fully saturated rings. The van der Waals surface area contributed by atoms with Gasteiger partial charge in [0.2, 0.25) is 0 Å². The average molecular weight is 341 g/mol. The smallest absolute Gasteiger partial charge is 0.407 e. The third kappa shape index (κ3) is 5.11. The number of likely N-dealkylation sites (tertiary alicyclic amines) is 1. The summed E-state index contributed by atoms with van der Waals surface area (Å²) in [5.74, 6) is -0.0159. The summed E-state index contributed by atoms with van der Waals surface area (Å²) in [4.78, 5) is 12.9. The quantitative estimate of drug-likeness (QED) is 0.776. The highest BCUT2D eigenvalue weighted by Crippen LogP contribution is 2.25. The maximum absolute atomic E-state index is 13.7. The molecule has 1 atom stereocenters. The molecule has 1 amide bonds. The monoisotopic (exact) mass is 341 g/mol. The van der Waals surface area contributed by atoms with Gasteiger partial charge in [-0.1, -0.05) is 6.07 Å². The van der Waals surface area contributed by atoms with E-state index in [4.69, 9.17) is 5.11 Å². The number of rotatable bonds is 6. The molecule has 2 N–H and O–H groups in total. The zero-order chi connectivity index (χ0) is 16.8. The van der Waals surface area contributed by atoms with E-state index in [1.807, 2.05) is 12.3 Å². The number of aliphatic hydroxyl groups excluding tert-OH is 1. The van der Waals surface area contributed by atoms with E-state index in [-0.39, 0.29) is 11.7 Å². The van der Waals surface area contributed by atoms with Crippen LogP contribution < -0.4 is 0 Å². The largest absolute Gasteiger partial charge is 0.465 e. The van der Waals surface area contributed by atoms with Gasteiger partial charge >= 0.3 is 6.09 Å². The van der Waals surface area contributed by atoms with Gasteiger partial charge in [-0.25, -0.2) is 9.18 Å². The van der Waals surface area contributed by atoms with Crippen LogP contribution >= 0.6 is 11.8 Å². The molecule has 1 aromatic carbocycles. The Morgan fingerprint density at radius 2 is 2.13 bits per heavy atom. The van der Waals surface area contributed by atoms with Crippen molar-refractivity contribution >= 4 is 17.9 Å². The highest BCUT2D eigenvalue weighted by Gasteiger charge is 2.26. The van der Waals surface area contributed by atoms with Crippen LogP contribution in [0.25, 0.3) is 0 Å². The van der Waals surface area contributed by atoms with E-state index < -0.39 is 12.2 Å². The van der Waals surface area contributed by atoms with E-state index in [1.165, 1.54) is 16.7 Å². The number of halogens is 1. The molecule has 1 unspecified atom stereocenters. The van der Waals surface area contributed by atoms with Crippen molar-refractivity contribution in [3.8, 4) is 0 Å². The summed E-state index contributed by atoms with van der Waals surface area (Å²) < 4.78 is 13.7. The number of benzene rings is 1. The van der Waals surface area contributed by atoms with E-state index in [0.717, 1.165) is 18.4 Å². The SMILES string of the molecule is CSc1ccc(CCCC(O)C2CCN(C(=O)O)CC2)cc1F. The summed E-state index contributed by atoms with van der Waals surface area (Å²) in [5.41, 5.74) is 0.952. The Hall–Kier alpha value is -1.27. The number of hydrogen-bond donors (Lipinski definition) is 2. The van der Waals surface area contributed by atoms with Crippen molar-refractivity contribution < 1.29 is 19.4 Å². The van der Waals surface area contributed by atoms with Crippen molar-refractivity contribution in [1.29, 1.82) is 0 Å². The predicted molar refractivity (Wildman–Crippen MR) is 89.4 cm³/mol. The third-order valence-corrected chi connectivity index (χ3v) is 5.31. The van der Waals surface area contributed by atoms with Crippen LogP contribution in [0.1, 0.15) is 31.2 Å². The van der Waals surface area contributed by atoms with Gasteiger partial charge in [-0.2, -0.15) is 0 Å². The number of piperidine rings is 1. The maximum Gasteiger partial charge on any atom is 0.407 e. The lowest BCUT2D eigenvalue weighted by atomic mass is 9.88. The first-order chi connectivity index (χ1) is 11.0. The summed E-state index contributed by atoms with van der Waals surface area (Å²) in [5, 5.41) is 19.2. The molecular formula is C17H24FNO3S. The summed E-state index contributed by atoms with van der Waals surface area (Å²) in [6, 6.07) is 5.31. The van der Waals surface area contributed by atoms with Crippen LogP contribution in [0.5, 0.6) is 0 Å². The van der Waals surface area contributed by atoms with E-state index in [0.29, 0.717) is 37.2 Å². The zero-order valence-corrected chi connectivity index (χ0v) is 14.2. The minimum Gasteiger partial charge on any atom is -0.465 e. The Morgan fingerprint density at radius 3 is 2.70 bits per heavy atom. The molecule has 6 heteroatoms. The lowest BCUT2D eigenvalue weighted by molar-refractivity contribution is 0.0517. The molecule has 1 aliphatic rings. The lowest BCUT2D eigenvalue weighted by Gasteiger charge is -2.32. The van der Waals surface area contributed by atoms with Gasteiger partial charge < -0.3 is 15.1 Å². The van der Waals surface area contributed by atoms with Crippen LogP contribution in [0.4, 0.5) is 9.18 Å². The molecule has 1 saturated heterocycles.